The van der Waals surface area contributed by atoms with E-state index in [1.165, 1.54) is 11.1 Å². The average molecular weight is 544 g/mol. The van der Waals surface area contributed by atoms with Gasteiger partial charge in [-0.05, 0) is 68.7 Å². The number of sulfonamides is 1. The highest BCUT2D eigenvalue weighted by molar-refractivity contribution is 7.89. The molecule has 5 rings (SSSR count). The third-order valence-corrected chi connectivity index (χ3v) is 9.42. The van der Waals surface area contributed by atoms with Gasteiger partial charge in [0.15, 0.2) is 0 Å². The van der Waals surface area contributed by atoms with Crippen molar-refractivity contribution in [3.8, 4) is 0 Å². The minimum absolute atomic E-state index is 0.0594. The molecule has 0 aliphatic carbocycles. The van der Waals surface area contributed by atoms with Crippen LogP contribution in [0.15, 0.2) is 77.7 Å². The van der Waals surface area contributed by atoms with Gasteiger partial charge in [0.1, 0.15) is 11.6 Å². The average Bonchev–Trinajstić information content (AvgIpc) is 2.97. The highest BCUT2D eigenvalue weighted by Gasteiger charge is 2.31. The van der Waals surface area contributed by atoms with E-state index in [9.17, 15) is 8.42 Å². The van der Waals surface area contributed by atoms with Crippen molar-refractivity contribution >= 4 is 32.4 Å². The number of aromatic nitrogens is 2. The van der Waals surface area contributed by atoms with E-state index in [0.717, 1.165) is 47.5 Å². The van der Waals surface area contributed by atoms with E-state index >= 15 is 0 Å². The first-order chi connectivity index (χ1) is 18.8. The van der Waals surface area contributed by atoms with Gasteiger partial charge >= 0.3 is 0 Å². The van der Waals surface area contributed by atoms with Gasteiger partial charge < -0.3 is 5.32 Å². The third-order valence-electron chi connectivity index (χ3n) is 7.51. The Morgan fingerprint density at radius 3 is 2.28 bits per heavy atom. The first-order valence-electron chi connectivity index (χ1n) is 13.8. The molecule has 1 aliphatic rings. The second-order valence-electron chi connectivity index (χ2n) is 10.3. The summed E-state index contributed by atoms with van der Waals surface area (Å²) >= 11 is 0. The highest BCUT2D eigenvalue weighted by atomic mass is 32.2. The number of unbranched alkanes of at least 4 members (excludes halogenated alkanes) is 1. The molecule has 204 valence electrons. The predicted molar refractivity (Wildman–Crippen MR) is 158 cm³/mol. The van der Waals surface area contributed by atoms with E-state index in [1.807, 2.05) is 48.5 Å². The summed E-state index contributed by atoms with van der Waals surface area (Å²) in [5, 5.41) is 4.44. The Hall–Kier alpha value is -3.33. The van der Waals surface area contributed by atoms with Crippen LogP contribution in [0.25, 0.3) is 10.9 Å². The summed E-state index contributed by atoms with van der Waals surface area (Å²) in [6.07, 6.45) is 3.21. The van der Waals surface area contributed by atoms with Crippen molar-refractivity contribution in [2.45, 2.75) is 51.0 Å². The van der Waals surface area contributed by atoms with E-state index in [-0.39, 0.29) is 6.04 Å². The Bertz CT molecular complexity index is 1510. The second-order valence-corrected chi connectivity index (χ2v) is 12.2. The van der Waals surface area contributed by atoms with Crippen LogP contribution < -0.4 is 5.32 Å². The molecule has 4 aromatic rings. The molecule has 1 aliphatic heterocycles. The highest BCUT2D eigenvalue weighted by Crippen LogP contribution is 2.28. The predicted octanol–water partition coefficient (Wildman–Crippen LogP) is 6.09. The van der Waals surface area contributed by atoms with Crippen molar-refractivity contribution in [3.63, 3.8) is 0 Å². The number of hydrogen-bond acceptors (Lipinski definition) is 6. The van der Waals surface area contributed by atoms with Crippen molar-refractivity contribution in [2.24, 2.45) is 0 Å². The molecule has 0 unspecified atom stereocenters. The molecule has 1 aromatic heterocycles. The molecule has 39 heavy (non-hydrogen) atoms. The molecule has 1 fully saturated rings. The maximum atomic E-state index is 13.3. The molecule has 1 N–H and O–H groups in total. The Labute approximate surface area is 232 Å². The first kappa shape index (κ1) is 27.2. The summed E-state index contributed by atoms with van der Waals surface area (Å²) in [6, 6.07) is 23.6. The summed E-state index contributed by atoms with van der Waals surface area (Å²) in [5.41, 5.74) is 4.24. The summed E-state index contributed by atoms with van der Waals surface area (Å²) in [4.78, 5) is 12.5. The zero-order valence-corrected chi connectivity index (χ0v) is 23.8. The molecule has 0 radical (unpaired) electrons. The van der Waals surface area contributed by atoms with Crippen molar-refractivity contribution in [3.05, 3.63) is 89.7 Å². The molecule has 2 heterocycles. The number of benzene rings is 3. The van der Waals surface area contributed by atoms with Crippen LogP contribution in [-0.4, -0.2) is 53.8 Å². The van der Waals surface area contributed by atoms with Crippen LogP contribution in [0.2, 0.25) is 0 Å². The van der Waals surface area contributed by atoms with Gasteiger partial charge in [-0.1, -0.05) is 55.3 Å². The molecule has 0 amide bonds. The van der Waals surface area contributed by atoms with Gasteiger partial charge in [-0.25, -0.2) is 18.4 Å². The van der Waals surface area contributed by atoms with Gasteiger partial charge in [0.2, 0.25) is 10.0 Å². The maximum Gasteiger partial charge on any atom is 0.243 e. The lowest BCUT2D eigenvalue weighted by Gasteiger charge is -2.37. The smallest absolute Gasteiger partial charge is 0.243 e. The Balaban J connectivity index is 1.30. The van der Waals surface area contributed by atoms with Crippen molar-refractivity contribution < 1.29 is 8.42 Å². The van der Waals surface area contributed by atoms with E-state index in [4.69, 9.17) is 9.97 Å². The number of para-hydroxylation sites is 1. The molecule has 1 saturated heterocycles. The normalized spacial score (nSPS) is 15.9. The number of aryl methyl sites for hydroxylation is 2. The standard InChI is InChI=1S/C31H37N5O2S/c1-4-5-8-25-13-17-27(18-14-25)39(37,38)36-21-19-35(20-22-36)24(3)30-33-29-10-7-6-9-28(29)31(34-30)32-26-15-11-23(2)12-16-26/h6-7,9-18,24H,4-5,8,19-22H2,1-3H3,(H,32,33,34)/t24-/m1/s1. The summed E-state index contributed by atoms with van der Waals surface area (Å²) < 4.78 is 28.2. The minimum atomic E-state index is -3.52. The van der Waals surface area contributed by atoms with Crippen molar-refractivity contribution in [1.82, 2.24) is 19.2 Å². The molecule has 8 heteroatoms. The van der Waals surface area contributed by atoms with Gasteiger partial charge in [-0.15, -0.1) is 0 Å². The number of anilines is 2. The number of fused-ring (bicyclic) bond motifs is 1. The number of hydrogen-bond donors (Lipinski definition) is 1. The van der Waals surface area contributed by atoms with E-state index in [2.05, 4.69) is 43.1 Å². The van der Waals surface area contributed by atoms with Crippen LogP contribution >= 0.6 is 0 Å². The Kier molecular flexibility index (Phi) is 8.26. The van der Waals surface area contributed by atoms with E-state index in [1.54, 1.807) is 16.4 Å². The van der Waals surface area contributed by atoms with Crippen molar-refractivity contribution in [1.29, 1.82) is 0 Å². The first-order valence-corrected chi connectivity index (χ1v) is 15.2. The van der Waals surface area contributed by atoms with Crippen LogP contribution in [0.3, 0.4) is 0 Å². The minimum Gasteiger partial charge on any atom is -0.340 e. The van der Waals surface area contributed by atoms with Crippen LogP contribution in [0, 0.1) is 6.92 Å². The van der Waals surface area contributed by atoms with Gasteiger partial charge in [-0.3, -0.25) is 4.90 Å². The molecule has 0 saturated carbocycles. The fraction of sp³-hybridized carbons (Fsp3) is 0.355. The molecule has 1 atom stereocenters. The lowest BCUT2D eigenvalue weighted by Crippen LogP contribution is -2.49. The SMILES string of the molecule is CCCCc1ccc(S(=O)(=O)N2CCN([C@H](C)c3nc(Nc4ccc(C)cc4)c4ccccc4n3)CC2)cc1. The summed E-state index contributed by atoms with van der Waals surface area (Å²) in [5.74, 6) is 1.50. The molecule has 0 spiro atoms. The summed E-state index contributed by atoms with van der Waals surface area (Å²) in [6.45, 7) is 8.43. The topological polar surface area (TPSA) is 78.4 Å². The van der Waals surface area contributed by atoms with Crippen LogP contribution in [0.1, 0.15) is 49.7 Å². The molecular formula is C31H37N5O2S. The number of rotatable bonds is 9. The maximum absolute atomic E-state index is 13.3. The fourth-order valence-corrected chi connectivity index (χ4v) is 6.43. The zero-order chi connectivity index (χ0) is 27.4. The number of piperazine rings is 1. The Morgan fingerprint density at radius 2 is 1.59 bits per heavy atom. The van der Waals surface area contributed by atoms with Gasteiger partial charge in [0.25, 0.3) is 0 Å². The third kappa shape index (κ3) is 6.13. The number of nitrogens with one attached hydrogen (secondary N) is 1. The van der Waals surface area contributed by atoms with Crippen LogP contribution in [0.5, 0.6) is 0 Å². The monoisotopic (exact) mass is 543 g/mol. The molecule has 3 aromatic carbocycles. The van der Waals surface area contributed by atoms with E-state index in [0.29, 0.717) is 31.1 Å². The van der Waals surface area contributed by atoms with Gasteiger partial charge in [-0.2, -0.15) is 4.31 Å². The van der Waals surface area contributed by atoms with E-state index < -0.39 is 10.0 Å². The zero-order valence-electron chi connectivity index (χ0n) is 23.0. The summed E-state index contributed by atoms with van der Waals surface area (Å²) in [7, 11) is -3.52. The lowest BCUT2D eigenvalue weighted by atomic mass is 10.1. The second kappa shape index (κ2) is 11.8. The molecule has 7 nitrogen and oxygen atoms in total. The molecular weight excluding hydrogens is 506 g/mol. The van der Waals surface area contributed by atoms with Gasteiger partial charge in [0.05, 0.1) is 16.5 Å². The molecule has 0 bridgehead atoms. The number of nitrogens with zero attached hydrogens (tertiary/aromatic N) is 4. The Morgan fingerprint density at radius 1 is 0.897 bits per heavy atom. The quantitative estimate of drug-likeness (QED) is 0.275. The van der Waals surface area contributed by atoms with Crippen molar-refractivity contribution in [2.75, 3.05) is 31.5 Å². The largest absolute Gasteiger partial charge is 0.340 e. The van der Waals surface area contributed by atoms with Crippen LogP contribution in [0.4, 0.5) is 11.5 Å². The van der Waals surface area contributed by atoms with Gasteiger partial charge in [0, 0.05) is 37.3 Å². The van der Waals surface area contributed by atoms with Crippen LogP contribution in [-0.2, 0) is 16.4 Å². The lowest BCUT2D eigenvalue weighted by molar-refractivity contribution is 0.141. The fourth-order valence-electron chi connectivity index (χ4n) is 5.00.